The minimum atomic E-state index is -0.472. The molecule has 1 amide bonds. The van der Waals surface area contributed by atoms with Crippen LogP contribution in [0.4, 0.5) is 5.69 Å². The Kier molecular flexibility index (Phi) is 7.49. The number of hydrogen-bond acceptors (Lipinski definition) is 3. The summed E-state index contributed by atoms with van der Waals surface area (Å²) >= 11 is 0. The van der Waals surface area contributed by atoms with Gasteiger partial charge < -0.3 is 15.8 Å². The number of ether oxygens (including phenoxy) is 1. The topological polar surface area (TPSA) is 64.4 Å². The average Bonchev–Trinajstić information content (AvgIpc) is 2.42. The summed E-state index contributed by atoms with van der Waals surface area (Å²) in [5, 5.41) is 2.91. The van der Waals surface area contributed by atoms with Gasteiger partial charge in [-0.15, -0.1) is 12.4 Å². The zero-order valence-electron chi connectivity index (χ0n) is 11.7. The van der Waals surface area contributed by atoms with E-state index < -0.39 is 5.41 Å². The van der Waals surface area contributed by atoms with E-state index in [2.05, 4.69) is 5.32 Å². The first kappa shape index (κ1) is 17.7. The summed E-state index contributed by atoms with van der Waals surface area (Å²) in [4.78, 5) is 12.3. The third-order valence-electron chi connectivity index (χ3n) is 3.57. The molecule has 0 aromatic heterocycles. The minimum absolute atomic E-state index is 0. The van der Waals surface area contributed by atoms with Crippen LogP contribution in [0.1, 0.15) is 26.7 Å². The van der Waals surface area contributed by atoms with E-state index in [4.69, 9.17) is 10.5 Å². The quantitative estimate of drug-likeness (QED) is 0.845. The predicted octanol–water partition coefficient (Wildman–Crippen LogP) is 2.82. The second-order valence-corrected chi connectivity index (χ2v) is 4.37. The molecule has 108 valence electrons. The molecule has 0 fully saturated rings. The molecule has 0 heterocycles. The van der Waals surface area contributed by atoms with E-state index in [1.807, 2.05) is 38.1 Å². The van der Waals surface area contributed by atoms with Crippen LogP contribution in [0.3, 0.4) is 0 Å². The Balaban J connectivity index is 0.00000324. The molecule has 0 spiro atoms. The predicted molar refractivity (Wildman–Crippen MR) is 80.9 cm³/mol. The van der Waals surface area contributed by atoms with Crippen LogP contribution in [-0.2, 0) is 4.79 Å². The average molecular weight is 287 g/mol. The number of amides is 1. The second-order valence-electron chi connectivity index (χ2n) is 4.37. The van der Waals surface area contributed by atoms with Gasteiger partial charge >= 0.3 is 0 Å². The molecule has 0 unspecified atom stereocenters. The molecule has 19 heavy (non-hydrogen) atoms. The van der Waals surface area contributed by atoms with Crippen LogP contribution in [-0.4, -0.2) is 19.6 Å². The second kappa shape index (κ2) is 8.02. The van der Waals surface area contributed by atoms with Crippen LogP contribution in [0.15, 0.2) is 24.3 Å². The number of anilines is 1. The fraction of sp³-hybridized carbons (Fsp3) is 0.500. The van der Waals surface area contributed by atoms with Gasteiger partial charge in [0.05, 0.1) is 12.5 Å². The van der Waals surface area contributed by atoms with Gasteiger partial charge in [-0.1, -0.05) is 13.8 Å². The lowest BCUT2D eigenvalue weighted by Crippen LogP contribution is -2.41. The smallest absolute Gasteiger partial charge is 0.231 e. The van der Waals surface area contributed by atoms with Crippen LogP contribution in [0, 0.1) is 5.41 Å². The van der Waals surface area contributed by atoms with Crippen molar-refractivity contribution in [3.8, 4) is 5.75 Å². The van der Waals surface area contributed by atoms with Crippen molar-refractivity contribution in [2.75, 3.05) is 19.0 Å². The van der Waals surface area contributed by atoms with Crippen molar-refractivity contribution in [2.24, 2.45) is 11.1 Å². The van der Waals surface area contributed by atoms with Crippen molar-refractivity contribution < 1.29 is 9.53 Å². The Morgan fingerprint density at radius 2 is 1.79 bits per heavy atom. The molecule has 0 saturated carbocycles. The SMILES string of the molecule is CCC(CC)(CN)C(=O)Nc1ccc(OC)cc1.Cl. The lowest BCUT2D eigenvalue weighted by Gasteiger charge is -2.28. The summed E-state index contributed by atoms with van der Waals surface area (Å²) < 4.78 is 5.07. The highest BCUT2D eigenvalue weighted by molar-refractivity contribution is 5.95. The molecule has 0 bridgehead atoms. The Labute approximate surface area is 121 Å². The summed E-state index contributed by atoms with van der Waals surface area (Å²) in [6.07, 6.45) is 1.48. The summed E-state index contributed by atoms with van der Waals surface area (Å²) in [6, 6.07) is 7.28. The van der Waals surface area contributed by atoms with Crippen molar-refractivity contribution in [3.63, 3.8) is 0 Å². The Hall–Kier alpha value is -1.26. The molecule has 0 atom stereocenters. The van der Waals surface area contributed by atoms with Gasteiger partial charge in [0.15, 0.2) is 0 Å². The molecule has 3 N–H and O–H groups in total. The Morgan fingerprint density at radius 3 is 2.16 bits per heavy atom. The maximum atomic E-state index is 12.3. The van der Waals surface area contributed by atoms with Crippen molar-refractivity contribution in [1.82, 2.24) is 0 Å². The molecule has 0 radical (unpaired) electrons. The van der Waals surface area contributed by atoms with Crippen LogP contribution in [0.2, 0.25) is 0 Å². The van der Waals surface area contributed by atoms with E-state index in [9.17, 15) is 4.79 Å². The van der Waals surface area contributed by atoms with Crippen molar-refractivity contribution in [3.05, 3.63) is 24.3 Å². The molecule has 0 aliphatic heterocycles. The maximum Gasteiger partial charge on any atom is 0.231 e. The number of rotatable bonds is 6. The van der Waals surface area contributed by atoms with Gasteiger partial charge in [0, 0.05) is 12.2 Å². The highest BCUT2D eigenvalue weighted by atomic mass is 35.5. The largest absolute Gasteiger partial charge is 0.497 e. The van der Waals surface area contributed by atoms with E-state index in [-0.39, 0.29) is 18.3 Å². The van der Waals surface area contributed by atoms with Gasteiger partial charge in [0.2, 0.25) is 5.91 Å². The number of halogens is 1. The maximum absolute atomic E-state index is 12.3. The lowest BCUT2D eigenvalue weighted by atomic mass is 9.81. The van der Waals surface area contributed by atoms with E-state index >= 15 is 0 Å². The molecule has 0 aliphatic rings. The number of methoxy groups -OCH3 is 1. The summed E-state index contributed by atoms with van der Waals surface area (Å²) in [5.74, 6) is 0.754. The molecule has 0 saturated heterocycles. The lowest BCUT2D eigenvalue weighted by molar-refractivity contribution is -0.125. The van der Waals surface area contributed by atoms with Crippen molar-refractivity contribution >= 4 is 24.0 Å². The van der Waals surface area contributed by atoms with Gasteiger partial charge in [0.25, 0.3) is 0 Å². The van der Waals surface area contributed by atoms with Gasteiger partial charge in [-0.05, 0) is 37.1 Å². The third kappa shape index (κ3) is 4.11. The van der Waals surface area contributed by atoms with Crippen LogP contribution < -0.4 is 15.8 Å². The molecule has 4 nitrogen and oxygen atoms in total. The summed E-state index contributed by atoms with van der Waals surface area (Å²) in [7, 11) is 1.61. The van der Waals surface area contributed by atoms with Gasteiger partial charge in [-0.2, -0.15) is 0 Å². The fourth-order valence-electron chi connectivity index (χ4n) is 1.89. The van der Waals surface area contributed by atoms with Gasteiger partial charge in [-0.25, -0.2) is 0 Å². The molecular formula is C14H23ClN2O2. The Morgan fingerprint density at radius 1 is 1.26 bits per heavy atom. The number of carbonyl (C=O) groups excluding carboxylic acids is 1. The standard InChI is InChI=1S/C14H22N2O2.ClH/c1-4-14(5-2,10-15)13(17)16-11-6-8-12(18-3)9-7-11;/h6-9H,4-5,10,15H2,1-3H3,(H,16,17);1H. The molecule has 1 aromatic rings. The van der Waals surface area contributed by atoms with E-state index in [1.54, 1.807) is 7.11 Å². The van der Waals surface area contributed by atoms with Crippen LogP contribution in [0.25, 0.3) is 0 Å². The summed E-state index contributed by atoms with van der Waals surface area (Å²) in [6.45, 7) is 4.34. The summed E-state index contributed by atoms with van der Waals surface area (Å²) in [5.41, 5.74) is 6.04. The first-order valence-corrected chi connectivity index (χ1v) is 6.27. The first-order chi connectivity index (χ1) is 8.61. The van der Waals surface area contributed by atoms with Crippen LogP contribution >= 0.6 is 12.4 Å². The highest BCUT2D eigenvalue weighted by Gasteiger charge is 2.33. The third-order valence-corrected chi connectivity index (χ3v) is 3.57. The van der Waals surface area contributed by atoms with E-state index in [1.165, 1.54) is 0 Å². The number of nitrogens with two attached hydrogens (primary N) is 1. The molecule has 1 rings (SSSR count). The number of nitrogens with one attached hydrogen (secondary N) is 1. The zero-order chi connectivity index (χ0) is 13.6. The molecule has 1 aromatic carbocycles. The highest BCUT2D eigenvalue weighted by Crippen LogP contribution is 2.27. The van der Waals surface area contributed by atoms with Crippen LogP contribution in [0.5, 0.6) is 5.75 Å². The van der Waals surface area contributed by atoms with E-state index in [0.717, 1.165) is 24.3 Å². The minimum Gasteiger partial charge on any atom is -0.497 e. The van der Waals surface area contributed by atoms with Gasteiger partial charge in [-0.3, -0.25) is 4.79 Å². The zero-order valence-corrected chi connectivity index (χ0v) is 12.5. The van der Waals surface area contributed by atoms with Crippen molar-refractivity contribution in [2.45, 2.75) is 26.7 Å². The number of benzene rings is 1. The molecule has 0 aliphatic carbocycles. The molecular weight excluding hydrogens is 264 g/mol. The fourth-order valence-corrected chi connectivity index (χ4v) is 1.89. The monoisotopic (exact) mass is 286 g/mol. The van der Waals surface area contributed by atoms with Crippen molar-refractivity contribution in [1.29, 1.82) is 0 Å². The number of hydrogen-bond donors (Lipinski definition) is 2. The first-order valence-electron chi connectivity index (χ1n) is 6.27. The van der Waals surface area contributed by atoms with Gasteiger partial charge in [0.1, 0.15) is 5.75 Å². The molecule has 5 heteroatoms. The Bertz CT molecular complexity index is 381. The van der Waals surface area contributed by atoms with E-state index in [0.29, 0.717) is 6.54 Å². The number of carbonyl (C=O) groups is 1. The normalized spacial score (nSPS) is 10.5.